The molecule has 19 heavy (non-hydrogen) atoms. The van der Waals surface area contributed by atoms with Crippen molar-refractivity contribution in [2.75, 3.05) is 13.2 Å². The fraction of sp³-hybridized carbons (Fsp3) is 0.615. The Balaban J connectivity index is 2.04. The average Bonchev–Trinajstić information content (AvgIpc) is 2.59. The van der Waals surface area contributed by atoms with E-state index < -0.39 is 11.0 Å². The highest BCUT2D eigenvalue weighted by atomic mass is 35.5. The Morgan fingerprint density at radius 1 is 1.42 bits per heavy atom. The van der Waals surface area contributed by atoms with Gasteiger partial charge in [0.25, 0.3) is 0 Å². The van der Waals surface area contributed by atoms with Crippen molar-refractivity contribution in [2.45, 2.75) is 37.6 Å². The van der Waals surface area contributed by atoms with Gasteiger partial charge in [-0.05, 0) is 26.8 Å². The molecule has 0 amide bonds. The van der Waals surface area contributed by atoms with Gasteiger partial charge in [-0.2, -0.15) is 0 Å². The molecule has 1 saturated heterocycles. The summed E-state index contributed by atoms with van der Waals surface area (Å²) in [5.41, 5.74) is 1.76. The van der Waals surface area contributed by atoms with Gasteiger partial charge < -0.3 is 4.74 Å². The first-order chi connectivity index (χ1) is 8.84. The molecule has 1 spiro atoms. The number of fused-ring (bicyclic) bond motifs is 2. The van der Waals surface area contributed by atoms with Crippen LogP contribution in [0.2, 0.25) is 5.15 Å². The molecule has 3 heterocycles. The number of aromatic nitrogens is 1. The van der Waals surface area contributed by atoms with Gasteiger partial charge in [0.15, 0.2) is 0 Å². The molecule has 0 radical (unpaired) electrons. The Kier molecular flexibility index (Phi) is 3.02. The quantitative estimate of drug-likeness (QED) is 0.747. The number of rotatable bonds is 1. The van der Waals surface area contributed by atoms with Crippen LogP contribution in [0.15, 0.2) is 12.1 Å². The summed E-state index contributed by atoms with van der Waals surface area (Å²) in [5, 5.41) is 0.484. The standard InChI is InChI=1S/C13H17ClN2O2S/c1-12(2,3)19(17)16-6-10-9(4-5-11(14)15-10)13(16)7-18-8-13/h4-5H,6-8H2,1-3H3. The first-order valence-electron chi connectivity index (χ1n) is 6.28. The Bertz CT molecular complexity index is 552. The maximum atomic E-state index is 12.7. The SMILES string of the molecule is CC(C)(C)S(=O)N1Cc2nc(Cl)ccc2C12COC2. The van der Waals surface area contributed by atoms with Gasteiger partial charge in [0, 0.05) is 5.56 Å². The molecule has 1 aromatic rings. The second-order valence-electron chi connectivity index (χ2n) is 6.05. The third-order valence-corrected chi connectivity index (χ3v) is 5.76. The Hall–Kier alpha value is -0.490. The fourth-order valence-electron chi connectivity index (χ4n) is 2.58. The van der Waals surface area contributed by atoms with E-state index in [1.807, 2.05) is 31.1 Å². The minimum absolute atomic E-state index is 0.273. The zero-order valence-electron chi connectivity index (χ0n) is 11.3. The molecule has 4 nitrogen and oxygen atoms in total. The summed E-state index contributed by atoms with van der Waals surface area (Å²) in [4.78, 5) is 4.38. The van der Waals surface area contributed by atoms with Gasteiger partial charge in [0.2, 0.25) is 0 Å². The number of pyridine rings is 1. The lowest BCUT2D eigenvalue weighted by Crippen LogP contribution is -2.58. The summed E-state index contributed by atoms with van der Waals surface area (Å²) in [5.74, 6) is 0. The van der Waals surface area contributed by atoms with Gasteiger partial charge in [-0.25, -0.2) is 13.5 Å². The average molecular weight is 301 g/mol. The van der Waals surface area contributed by atoms with Gasteiger partial charge in [-0.15, -0.1) is 0 Å². The van der Waals surface area contributed by atoms with E-state index >= 15 is 0 Å². The number of halogens is 1. The van der Waals surface area contributed by atoms with Crippen molar-refractivity contribution in [1.82, 2.24) is 9.29 Å². The van der Waals surface area contributed by atoms with Gasteiger partial charge in [-0.3, -0.25) is 0 Å². The summed E-state index contributed by atoms with van der Waals surface area (Å²) in [6, 6.07) is 3.79. The lowest BCUT2D eigenvalue weighted by atomic mass is 9.90. The Labute approximate surface area is 120 Å². The monoisotopic (exact) mass is 300 g/mol. The maximum Gasteiger partial charge on any atom is 0.129 e. The Morgan fingerprint density at radius 2 is 2.11 bits per heavy atom. The van der Waals surface area contributed by atoms with E-state index in [1.54, 1.807) is 6.07 Å². The smallest absolute Gasteiger partial charge is 0.129 e. The van der Waals surface area contributed by atoms with E-state index in [0.29, 0.717) is 24.9 Å². The molecule has 6 heteroatoms. The van der Waals surface area contributed by atoms with Crippen molar-refractivity contribution < 1.29 is 8.95 Å². The van der Waals surface area contributed by atoms with E-state index in [9.17, 15) is 4.21 Å². The van der Waals surface area contributed by atoms with Crippen molar-refractivity contribution in [3.05, 3.63) is 28.5 Å². The minimum atomic E-state index is -1.09. The molecule has 0 aliphatic carbocycles. The second kappa shape index (κ2) is 4.25. The normalized spacial score (nSPS) is 23.2. The highest BCUT2D eigenvalue weighted by Crippen LogP contribution is 2.46. The lowest BCUT2D eigenvalue weighted by Gasteiger charge is -2.46. The molecule has 0 aromatic carbocycles. The summed E-state index contributed by atoms with van der Waals surface area (Å²) in [6.07, 6.45) is 0. The highest BCUT2D eigenvalue weighted by molar-refractivity contribution is 7.84. The summed E-state index contributed by atoms with van der Waals surface area (Å²) in [6.45, 7) is 7.68. The fourth-order valence-corrected chi connectivity index (χ4v) is 4.17. The van der Waals surface area contributed by atoms with Crippen molar-refractivity contribution in [2.24, 2.45) is 0 Å². The van der Waals surface area contributed by atoms with Crippen LogP contribution >= 0.6 is 11.6 Å². The first-order valence-corrected chi connectivity index (χ1v) is 7.76. The topological polar surface area (TPSA) is 42.4 Å². The van der Waals surface area contributed by atoms with Gasteiger partial charge in [-0.1, -0.05) is 17.7 Å². The molecule has 2 aliphatic heterocycles. The summed E-state index contributed by atoms with van der Waals surface area (Å²) >= 11 is 5.96. The summed E-state index contributed by atoms with van der Waals surface area (Å²) < 4.78 is 19.9. The van der Waals surface area contributed by atoms with Gasteiger partial charge in [0.1, 0.15) is 21.7 Å². The van der Waals surface area contributed by atoms with Crippen molar-refractivity contribution in [3.8, 4) is 0 Å². The number of nitrogens with zero attached hydrogens (tertiary/aromatic N) is 2. The van der Waals surface area contributed by atoms with Crippen LogP contribution in [0.4, 0.5) is 0 Å². The Morgan fingerprint density at radius 3 is 2.63 bits per heavy atom. The molecule has 1 unspecified atom stereocenters. The van der Waals surface area contributed by atoms with Crippen molar-refractivity contribution >= 4 is 22.6 Å². The van der Waals surface area contributed by atoms with E-state index in [1.165, 1.54) is 0 Å². The van der Waals surface area contributed by atoms with E-state index in [0.717, 1.165) is 11.3 Å². The molecule has 104 valence electrons. The molecule has 0 saturated carbocycles. The predicted molar refractivity (Wildman–Crippen MR) is 75.2 cm³/mol. The predicted octanol–water partition coefficient (Wildman–Crippen LogP) is 2.24. The summed E-state index contributed by atoms with van der Waals surface area (Å²) in [7, 11) is -1.09. The largest absolute Gasteiger partial charge is 0.377 e. The van der Waals surface area contributed by atoms with Crippen LogP contribution in [0.1, 0.15) is 32.0 Å². The van der Waals surface area contributed by atoms with Crippen LogP contribution in [0.25, 0.3) is 0 Å². The molecule has 1 aromatic heterocycles. The number of ether oxygens (including phenoxy) is 1. The van der Waals surface area contributed by atoms with E-state index in [4.69, 9.17) is 16.3 Å². The van der Waals surface area contributed by atoms with E-state index in [-0.39, 0.29) is 10.3 Å². The zero-order valence-corrected chi connectivity index (χ0v) is 12.8. The van der Waals surface area contributed by atoms with Crippen LogP contribution in [0.3, 0.4) is 0 Å². The molecule has 1 atom stereocenters. The van der Waals surface area contributed by atoms with Crippen LogP contribution in [-0.2, 0) is 27.8 Å². The van der Waals surface area contributed by atoms with Gasteiger partial charge in [0.05, 0.1) is 30.2 Å². The molecule has 0 N–H and O–H groups in total. The molecular weight excluding hydrogens is 284 g/mol. The van der Waals surface area contributed by atoms with Crippen LogP contribution in [0.5, 0.6) is 0 Å². The minimum Gasteiger partial charge on any atom is -0.377 e. The van der Waals surface area contributed by atoms with Crippen LogP contribution in [0, 0.1) is 0 Å². The third kappa shape index (κ3) is 1.95. The van der Waals surface area contributed by atoms with Crippen LogP contribution < -0.4 is 0 Å². The van der Waals surface area contributed by atoms with Crippen molar-refractivity contribution in [1.29, 1.82) is 0 Å². The lowest BCUT2D eigenvalue weighted by molar-refractivity contribution is -0.109. The second-order valence-corrected chi connectivity index (χ2v) is 8.60. The maximum absolute atomic E-state index is 12.7. The third-order valence-electron chi connectivity index (χ3n) is 3.62. The molecule has 2 aliphatic rings. The molecule has 3 rings (SSSR count). The van der Waals surface area contributed by atoms with Gasteiger partial charge >= 0.3 is 0 Å². The molecular formula is C13H17ClN2O2S. The van der Waals surface area contributed by atoms with Crippen molar-refractivity contribution in [3.63, 3.8) is 0 Å². The first kappa shape index (κ1) is 13.5. The zero-order chi connectivity index (χ0) is 13.8. The molecule has 0 bridgehead atoms. The highest BCUT2D eigenvalue weighted by Gasteiger charge is 2.55. The number of hydrogen-bond donors (Lipinski definition) is 0. The molecule has 1 fully saturated rings. The number of hydrogen-bond acceptors (Lipinski definition) is 3. The van der Waals surface area contributed by atoms with Crippen LogP contribution in [-0.4, -0.2) is 31.5 Å². The van der Waals surface area contributed by atoms with E-state index in [2.05, 4.69) is 4.98 Å².